The minimum Gasteiger partial charge on any atom is -0.444 e. The molecule has 3 rings (SSSR count). The van der Waals surface area contributed by atoms with Gasteiger partial charge in [-0.25, -0.2) is 4.79 Å². The Morgan fingerprint density at radius 2 is 1.80 bits per heavy atom. The lowest BCUT2D eigenvalue weighted by Crippen LogP contribution is -2.56. The minimum atomic E-state index is -0.415. The van der Waals surface area contributed by atoms with Gasteiger partial charge in [0.25, 0.3) is 0 Å². The summed E-state index contributed by atoms with van der Waals surface area (Å²) in [6, 6.07) is 0. The molecule has 3 aliphatic rings. The monoisotopic (exact) mass is 281 g/mol. The highest BCUT2D eigenvalue weighted by atomic mass is 16.6. The van der Waals surface area contributed by atoms with Crippen LogP contribution in [0.3, 0.4) is 0 Å². The SMILES string of the molecule is CC(C)(C)OC(=O)N1CCC2(CO2)C2(CCCCC2)C1. The normalized spacial score (nSPS) is 32.5. The Morgan fingerprint density at radius 1 is 1.15 bits per heavy atom. The van der Waals surface area contributed by atoms with E-state index in [4.69, 9.17) is 9.47 Å². The van der Waals surface area contributed by atoms with Gasteiger partial charge >= 0.3 is 6.09 Å². The van der Waals surface area contributed by atoms with Crippen LogP contribution in [0.4, 0.5) is 4.79 Å². The number of amides is 1. The lowest BCUT2D eigenvalue weighted by molar-refractivity contribution is -0.0401. The molecular weight excluding hydrogens is 254 g/mol. The van der Waals surface area contributed by atoms with Gasteiger partial charge in [-0.2, -0.15) is 0 Å². The van der Waals surface area contributed by atoms with E-state index in [-0.39, 0.29) is 17.1 Å². The number of piperidine rings is 1. The van der Waals surface area contributed by atoms with Gasteiger partial charge in [-0.15, -0.1) is 0 Å². The van der Waals surface area contributed by atoms with Gasteiger partial charge in [-0.3, -0.25) is 0 Å². The summed E-state index contributed by atoms with van der Waals surface area (Å²) in [5.41, 5.74) is -0.131. The lowest BCUT2D eigenvalue weighted by atomic mass is 9.62. The van der Waals surface area contributed by atoms with Crippen LogP contribution in [0, 0.1) is 5.41 Å². The predicted molar refractivity (Wildman–Crippen MR) is 76.6 cm³/mol. The van der Waals surface area contributed by atoms with Gasteiger partial charge in [-0.1, -0.05) is 19.3 Å². The average Bonchev–Trinajstić information content (AvgIpc) is 3.14. The van der Waals surface area contributed by atoms with Gasteiger partial charge < -0.3 is 14.4 Å². The zero-order valence-corrected chi connectivity index (χ0v) is 13.0. The van der Waals surface area contributed by atoms with Crippen molar-refractivity contribution in [1.29, 1.82) is 0 Å². The second-order valence-electron chi connectivity index (χ2n) is 7.78. The molecule has 1 atom stereocenters. The maximum absolute atomic E-state index is 12.3. The molecule has 1 saturated carbocycles. The molecule has 0 radical (unpaired) electrons. The largest absolute Gasteiger partial charge is 0.444 e. The van der Waals surface area contributed by atoms with E-state index in [9.17, 15) is 4.79 Å². The Kier molecular flexibility index (Phi) is 3.27. The number of carbonyl (C=O) groups excluding carboxylic acids is 1. The van der Waals surface area contributed by atoms with Gasteiger partial charge in [0.15, 0.2) is 0 Å². The van der Waals surface area contributed by atoms with Crippen molar-refractivity contribution in [1.82, 2.24) is 4.90 Å². The smallest absolute Gasteiger partial charge is 0.410 e. The van der Waals surface area contributed by atoms with Crippen LogP contribution in [-0.2, 0) is 9.47 Å². The van der Waals surface area contributed by atoms with Crippen LogP contribution in [0.2, 0.25) is 0 Å². The number of likely N-dealkylation sites (tertiary alicyclic amines) is 1. The second-order valence-corrected chi connectivity index (χ2v) is 7.78. The molecule has 2 heterocycles. The first-order valence-electron chi connectivity index (χ1n) is 7.98. The van der Waals surface area contributed by atoms with Crippen molar-refractivity contribution in [2.24, 2.45) is 5.41 Å². The molecule has 3 fully saturated rings. The van der Waals surface area contributed by atoms with E-state index in [1.807, 2.05) is 25.7 Å². The minimum absolute atomic E-state index is 0.0892. The van der Waals surface area contributed by atoms with Crippen LogP contribution in [0.15, 0.2) is 0 Å². The third-order valence-corrected chi connectivity index (χ3v) is 5.20. The van der Waals surface area contributed by atoms with Crippen molar-refractivity contribution in [3.05, 3.63) is 0 Å². The standard InChI is InChI=1S/C16H27NO3/c1-14(2,3)20-13(18)17-10-9-16(12-19-16)15(11-17)7-5-4-6-8-15/h4-12H2,1-3H3. The summed E-state index contributed by atoms with van der Waals surface area (Å²) < 4.78 is 11.4. The third-order valence-electron chi connectivity index (χ3n) is 5.20. The molecule has 4 nitrogen and oxygen atoms in total. The molecule has 20 heavy (non-hydrogen) atoms. The molecule has 1 unspecified atom stereocenters. The van der Waals surface area contributed by atoms with Crippen LogP contribution in [-0.4, -0.2) is 41.9 Å². The average molecular weight is 281 g/mol. The van der Waals surface area contributed by atoms with Crippen molar-refractivity contribution in [3.63, 3.8) is 0 Å². The van der Waals surface area contributed by atoms with Crippen LogP contribution >= 0.6 is 0 Å². The Balaban J connectivity index is 1.72. The number of hydrogen-bond donors (Lipinski definition) is 0. The van der Waals surface area contributed by atoms with Crippen molar-refractivity contribution in [3.8, 4) is 0 Å². The van der Waals surface area contributed by atoms with Crippen molar-refractivity contribution >= 4 is 6.09 Å². The molecule has 2 aliphatic heterocycles. The quantitative estimate of drug-likeness (QED) is 0.639. The van der Waals surface area contributed by atoms with Crippen LogP contribution in [0.1, 0.15) is 59.3 Å². The highest BCUT2D eigenvalue weighted by Gasteiger charge is 2.63. The molecule has 0 bridgehead atoms. The van der Waals surface area contributed by atoms with Crippen LogP contribution in [0.5, 0.6) is 0 Å². The summed E-state index contributed by atoms with van der Waals surface area (Å²) in [6.07, 6.45) is 7.09. The zero-order chi connectivity index (χ0) is 14.4. The number of nitrogens with zero attached hydrogens (tertiary/aromatic N) is 1. The fraction of sp³-hybridized carbons (Fsp3) is 0.938. The number of ether oxygens (including phenoxy) is 2. The Labute approximate surface area is 121 Å². The van der Waals surface area contributed by atoms with Gasteiger partial charge in [0, 0.05) is 18.5 Å². The molecule has 114 valence electrons. The first-order chi connectivity index (χ1) is 9.36. The first-order valence-corrected chi connectivity index (χ1v) is 7.98. The number of fused-ring (bicyclic) bond motifs is 1. The molecule has 0 aromatic rings. The molecule has 1 aliphatic carbocycles. The maximum atomic E-state index is 12.3. The van der Waals surface area contributed by atoms with Crippen LogP contribution in [0.25, 0.3) is 0 Å². The molecule has 1 amide bonds. The predicted octanol–water partition coefficient (Wildman–Crippen LogP) is 3.35. The highest BCUT2D eigenvalue weighted by molar-refractivity contribution is 5.68. The molecule has 0 aromatic carbocycles. The highest BCUT2D eigenvalue weighted by Crippen LogP contribution is 2.57. The maximum Gasteiger partial charge on any atom is 0.410 e. The van der Waals surface area contributed by atoms with Gasteiger partial charge in [0.05, 0.1) is 6.61 Å². The van der Waals surface area contributed by atoms with E-state index in [0.29, 0.717) is 0 Å². The summed E-state index contributed by atoms with van der Waals surface area (Å²) >= 11 is 0. The van der Waals surface area contributed by atoms with Gasteiger partial charge in [-0.05, 0) is 40.0 Å². The number of epoxide rings is 1. The second kappa shape index (κ2) is 4.62. The van der Waals surface area contributed by atoms with Crippen molar-refractivity contribution in [2.75, 3.05) is 19.7 Å². The summed E-state index contributed by atoms with van der Waals surface area (Å²) in [5.74, 6) is 0. The Morgan fingerprint density at radius 3 is 2.35 bits per heavy atom. The summed E-state index contributed by atoms with van der Waals surface area (Å²) in [4.78, 5) is 14.3. The summed E-state index contributed by atoms with van der Waals surface area (Å²) in [5, 5.41) is 0. The van der Waals surface area contributed by atoms with Gasteiger partial charge in [0.2, 0.25) is 0 Å². The Hall–Kier alpha value is -0.770. The van der Waals surface area contributed by atoms with Crippen molar-refractivity contribution in [2.45, 2.75) is 70.5 Å². The number of carbonyl (C=O) groups is 1. The molecule has 4 heteroatoms. The first kappa shape index (κ1) is 14.2. The number of hydrogen-bond acceptors (Lipinski definition) is 3. The zero-order valence-electron chi connectivity index (χ0n) is 13.0. The summed E-state index contributed by atoms with van der Waals surface area (Å²) in [6.45, 7) is 8.28. The molecule has 2 spiro atoms. The van der Waals surface area contributed by atoms with E-state index in [0.717, 1.165) is 26.1 Å². The molecular formula is C16H27NO3. The third kappa shape index (κ3) is 2.43. The fourth-order valence-electron chi connectivity index (χ4n) is 4.03. The molecule has 0 aromatic heterocycles. The topological polar surface area (TPSA) is 42.1 Å². The summed E-state index contributed by atoms with van der Waals surface area (Å²) in [7, 11) is 0. The lowest BCUT2D eigenvalue weighted by Gasteiger charge is -2.49. The Bertz CT molecular complexity index is 389. The van der Waals surface area contributed by atoms with Crippen molar-refractivity contribution < 1.29 is 14.3 Å². The van der Waals surface area contributed by atoms with Gasteiger partial charge in [0.1, 0.15) is 11.2 Å². The van der Waals surface area contributed by atoms with E-state index in [1.54, 1.807) is 0 Å². The van der Waals surface area contributed by atoms with E-state index in [2.05, 4.69) is 0 Å². The molecule has 2 saturated heterocycles. The number of rotatable bonds is 0. The van der Waals surface area contributed by atoms with Crippen LogP contribution < -0.4 is 0 Å². The van der Waals surface area contributed by atoms with E-state index in [1.165, 1.54) is 32.1 Å². The van der Waals surface area contributed by atoms with E-state index >= 15 is 0 Å². The van der Waals surface area contributed by atoms with E-state index < -0.39 is 5.60 Å². The molecule has 0 N–H and O–H groups in total. The fourth-order valence-corrected chi connectivity index (χ4v) is 4.03.